The van der Waals surface area contributed by atoms with E-state index in [-0.39, 0.29) is 0 Å². The Labute approximate surface area is 117 Å². The van der Waals surface area contributed by atoms with Gasteiger partial charge in [-0.3, -0.25) is 0 Å². The highest BCUT2D eigenvalue weighted by Gasteiger charge is 1.97. The second-order valence-corrected chi connectivity index (χ2v) is 4.81. The summed E-state index contributed by atoms with van der Waals surface area (Å²) in [6, 6.07) is 8.29. The fourth-order valence-electron chi connectivity index (χ4n) is 1.91. The van der Waals surface area contributed by atoms with E-state index in [0.29, 0.717) is 6.61 Å². The van der Waals surface area contributed by atoms with E-state index in [9.17, 15) is 0 Å². The SMILES string of the molecule is CCCNCc1cccc(OCCCCCCO)c1. The van der Waals surface area contributed by atoms with E-state index in [1.54, 1.807) is 0 Å². The highest BCUT2D eigenvalue weighted by Crippen LogP contribution is 2.14. The Morgan fingerprint density at radius 2 is 2.00 bits per heavy atom. The van der Waals surface area contributed by atoms with Gasteiger partial charge in [-0.2, -0.15) is 0 Å². The number of ether oxygens (including phenoxy) is 1. The van der Waals surface area contributed by atoms with Crippen molar-refractivity contribution in [2.24, 2.45) is 0 Å². The van der Waals surface area contributed by atoms with Gasteiger partial charge in [0.2, 0.25) is 0 Å². The third kappa shape index (κ3) is 7.85. The van der Waals surface area contributed by atoms with Gasteiger partial charge in [0.1, 0.15) is 5.75 Å². The molecule has 0 radical (unpaired) electrons. The summed E-state index contributed by atoms with van der Waals surface area (Å²) >= 11 is 0. The van der Waals surface area contributed by atoms with Crippen molar-refractivity contribution in [3.63, 3.8) is 0 Å². The van der Waals surface area contributed by atoms with Crippen molar-refractivity contribution in [2.75, 3.05) is 19.8 Å². The molecule has 0 saturated carbocycles. The fourth-order valence-corrected chi connectivity index (χ4v) is 1.91. The van der Waals surface area contributed by atoms with Crippen LogP contribution in [0.3, 0.4) is 0 Å². The number of nitrogens with one attached hydrogen (secondary N) is 1. The maximum absolute atomic E-state index is 8.68. The van der Waals surface area contributed by atoms with Crippen LogP contribution in [0.4, 0.5) is 0 Å². The van der Waals surface area contributed by atoms with Crippen molar-refractivity contribution in [3.8, 4) is 5.75 Å². The molecular formula is C16H27NO2. The number of aliphatic hydroxyl groups excluding tert-OH is 1. The predicted octanol–water partition coefficient (Wildman–Crippen LogP) is 3.12. The molecule has 0 bridgehead atoms. The average molecular weight is 265 g/mol. The molecule has 0 saturated heterocycles. The van der Waals surface area contributed by atoms with Gasteiger partial charge in [0.25, 0.3) is 0 Å². The van der Waals surface area contributed by atoms with Crippen molar-refractivity contribution < 1.29 is 9.84 Å². The predicted molar refractivity (Wildman–Crippen MR) is 79.5 cm³/mol. The highest BCUT2D eigenvalue weighted by atomic mass is 16.5. The molecule has 0 atom stereocenters. The van der Waals surface area contributed by atoms with Crippen LogP contribution in [0.2, 0.25) is 0 Å². The zero-order valence-corrected chi connectivity index (χ0v) is 12.0. The minimum Gasteiger partial charge on any atom is -0.494 e. The van der Waals surface area contributed by atoms with Crippen molar-refractivity contribution in [3.05, 3.63) is 29.8 Å². The molecule has 0 heterocycles. The van der Waals surface area contributed by atoms with Crippen LogP contribution < -0.4 is 10.1 Å². The Balaban J connectivity index is 2.20. The molecule has 0 aliphatic heterocycles. The summed E-state index contributed by atoms with van der Waals surface area (Å²) in [4.78, 5) is 0. The van der Waals surface area contributed by atoms with Crippen molar-refractivity contribution >= 4 is 0 Å². The number of rotatable bonds is 11. The molecule has 0 spiro atoms. The largest absolute Gasteiger partial charge is 0.494 e. The molecule has 0 aliphatic rings. The van der Waals surface area contributed by atoms with Crippen LogP contribution in [-0.4, -0.2) is 24.9 Å². The lowest BCUT2D eigenvalue weighted by Crippen LogP contribution is -2.13. The van der Waals surface area contributed by atoms with E-state index in [1.807, 2.05) is 12.1 Å². The molecule has 3 heteroatoms. The van der Waals surface area contributed by atoms with Gasteiger partial charge in [0.05, 0.1) is 6.61 Å². The Hall–Kier alpha value is -1.06. The van der Waals surface area contributed by atoms with Crippen molar-refractivity contribution in [2.45, 2.75) is 45.6 Å². The first kappa shape index (κ1) is 16.0. The maximum Gasteiger partial charge on any atom is 0.119 e. The molecule has 1 rings (SSSR count). The molecule has 1 aromatic rings. The third-order valence-corrected chi connectivity index (χ3v) is 2.98. The fraction of sp³-hybridized carbons (Fsp3) is 0.625. The lowest BCUT2D eigenvalue weighted by Gasteiger charge is -2.08. The van der Waals surface area contributed by atoms with Crippen LogP contribution in [-0.2, 0) is 6.54 Å². The van der Waals surface area contributed by atoms with Gasteiger partial charge < -0.3 is 15.2 Å². The number of hydrogen-bond acceptors (Lipinski definition) is 3. The maximum atomic E-state index is 8.68. The molecule has 0 amide bonds. The first-order valence-electron chi connectivity index (χ1n) is 7.40. The standard InChI is InChI=1S/C16H27NO2/c1-2-10-17-14-15-8-7-9-16(13-15)19-12-6-4-3-5-11-18/h7-9,13,17-18H,2-6,10-12,14H2,1H3. The average Bonchev–Trinajstić information content (AvgIpc) is 2.43. The smallest absolute Gasteiger partial charge is 0.119 e. The van der Waals surface area contributed by atoms with Crippen molar-refractivity contribution in [1.29, 1.82) is 0 Å². The van der Waals surface area contributed by atoms with Crippen LogP contribution >= 0.6 is 0 Å². The molecule has 3 nitrogen and oxygen atoms in total. The molecule has 0 fully saturated rings. The molecular weight excluding hydrogens is 238 g/mol. The third-order valence-electron chi connectivity index (χ3n) is 2.98. The Morgan fingerprint density at radius 3 is 2.79 bits per heavy atom. The minimum atomic E-state index is 0.299. The van der Waals surface area contributed by atoms with Crippen LogP contribution in [0.25, 0.3) is 0 Å². The van der Waals surface area contributed by atoms with E-state index < -0.39 is 0 Å². The number of unbranched alkanes of at least 4 members (excludes halogenated alkanes) is 3. The minimum absolute atomic E-state index is 0.299. The van der Waals surface area contributed by atoms with Crippen LogP contribution in [0.15, 0.2) is 24.3 Å². The van der Waals surface area contributed by atoms with Gasteiger partial charge in [-0.15, -0.1) is 0 Å². The van der Waals surface area contributed by atoms with Crippen LogP contribution in [0, 0.1) is 0 Å². The summed E-state index contributed by atoms with van der Waals surface area (Å²) in [5.74, 6) is 0.956. The lowest BCUT2D eigenvalue weighted by atomic mass is 10.2. The molecule has 19 heavy (non-hydrogen) atoms. The van der Waals surface area contributed by atoms with E-state index >= 15 is 0 Å². The van der Waals surface area contributed by atoms with Gasteiger partial charge in [0, 0.05) is 13.2 Å². The van der Waals surface area contributed by atoms with Crippen LogP contribution in [0.1, 0.15) is 44.6 Å². The Bertz CT molecular complexity index is 328. The normalized spacial score (nSPS) is 10.6. The van der Waals surface area contributed by atoms with E-state index in [0.717, 1.165) is 57.6 Å². The molecule has 0 unspecified atom stereocenters. The summed E-state index contributed by atoms with van der Waals surface area (Å²) in [6.07, 6.45) is 5.32. The summed E-state index contributed by atoms with van der Waals surface area (Å²) in [5, 5.41) is 12.1. The molecule has 108 valence electrons. The van der Waals surface area contributed by atoms with Crippen molar-refractivity contribution in [1.82, 2.24) is 5.32 Å². The van der Waals surface area contributed by atoms with E-state index in [4.69, 9.17) is 9.84 Å². The van der Waals surface area contributed by atoms with Gasteiger partial charge in [0.15, 0.2) is 0 Å². The summed E-state index contributed by atoms with van der Waals surface area (Å²) < 4.78 is 5.74. The monoisotopic (exact) mass is 265 g/mol. The van der Waals surface area contributed by atoms with Gasteiger partial charge in [-0.1, -0.05) is 25.5 Å². The van der Waals surface area contributed by atoms with E-state index in [1.165, 1.54) is 5.56 Å². The van der Waals surface area contributed by atoms with Gasteiger partial charge in [-0.05, 0) is 49.9 Å². The highest BCUT2D eigenvalue weighted by molar-refractivity contribution is 5.28. The Kier molecular flexibility index (Phi) is 9.11. The topological polar surface area (TPSA) is 41.5 Å². The van der Waals surface area contributed by atoms with Crippen LogP contribution in [0.5, 0.6) is 5.75 Å². The Morgan fingerprint density at radius 1 is 1.16 bits per heavy atom. The first-order valence-corrected chi connectivity index (χ1v) is 7.40. The van der Waals surface area contributed by atoms with Gasteiger partial charge in [-0.25, -0.2) is 0 Å². The number of hydrogen-bond donors (Lipinski definition) is 2. The second kappa shape index (κ2) is 10.8. The zero-order chi connectivity index (χ0) is 13.8. The summed E-state index contributed by atoms with van der Waals surface area (Å²) in [7, 11) is 0. The molecule has 1 aromatic carbocycles. The molecule has 0 aliphatic carbocycles. The lowest BCUT2D eigenvalue weighted by molar-refractivity contribution is 0.273. The molecule has 0 aromatic heterocycles. The van der Waals surface area contributed by atoms with E-state index in [2.05, 4.69) is 24.4 Å². The summed E-state index contributed by atoms with van der Waals surface area (Å²) in [6.45, 7) is 5.19. The quantitative estimate of drug-likeness (QED) is 0.604. The van der Waals surface area contributed by atoms with Gasteiger partial charge >= 0.3 is 0 Å². The number of aliphatic hydroxyl groups is 1. The number of benzene rings is 1. The summed E-state index contributed by atoms with van der Waals surface area (Å²) in [5.41, 5.74) is 1.27. The zero-order valence-electron chi connectivity index (χ0n) is 12.0. The molecule has 2 N–H and O–H groups in total. The second-order valence-electron chi connectivity index (χ2n) is 4.81. The first-order chi connectivity index (χ1) is 9.36.